The number of benzene rings is 1. The highest BCUT2D eigenvalue weighted by Crippen LogP contribution is 2.41. The molecule has 4 heteroatoms. The molecule has 0 unspecified atom stereocenters. The second kappa shape index (κ2) is 3.64. The molecule has 0 fully saturated rings. The summed E-state index contributed by atoms with van der Waals surface area (Å²) in [5, 5.41) is 19.8. The molecule has 2 atom stereocenters. The van der Waals surface area contributed by atoms with Crippen LogP contribution >= 0.6 is 0 Å². The molecule has 4 nitrogen and oxygen atoms in total. The van der Waals surface area contributed by atoms with Crippen LogP contribution in [0, 0.1) is 0 Å². The van der Waals surface area contributed by atoms with E-state index in [9.17, 15) is 10.2 Å². The molecule has 0 amide bonds. The van der Waals surface area contributed by atoms with Gasteiger partial charge in [-0.1, -0.05) is 0 Å². The molecule has 1 aromatic carbocycles. The van der Waals surface area contributed by atoms with E-state index in [1.54, 1.807) is 39.2 Å². The van der Waals surface area contributed by atoms with Crippen LogP contribution in [0.1, 0.15) is 25.5 Å². The maximum absolute atomic E-state index is 9.96. The first-order chi connectivity index (χ1) is 7.45. The van der Waals surface area contributed by atoms with Crippen molar-refractivity contribution in [2.45, 2.75) is 31.7 Å². The second-order valence-electron chi connectivity index (χ2n) is 4.50. The largest absolute Gasteiger partial charge is 0.497 e. The quantitative estimate of drug-likeness (QED) is 0.754. The summed E-state index contributed by atoms with van der Waals surface area (Å²) in [6, 6.07) is 5.15. The SMILES string of the molecule is COc1ccc2c(c1)OC(C)(C)[C@H](O)[C@@H]2O. The number of fused-ring (bicyclic) bond motifs is 1. The molecule has 0 aliphatic carbocycles. The second-order valence-corrected chi connectivity index (χ2v) is 4.50. The van der Waals surface area contributed by atoms with Gasteiger partial charge in [-0.3, -0.25) is 0 Å². The van der Waals surface area contributed by atoms with Crippen LogP contribution in [0.2, 0.25) is 0 Å². The molecule has 1 heterocycles. The molecular formula is C12H16O4. The van der Waals surface area contributed by atoms with Gasteiger partial charge in [0, 0.05) is 11.6 Å². The summed E-state index contributed by atoms with van der Waals surface area (Å²) in [6.45, 7) is 3.48. The summed E-state index contributed by atoms with van der Waals surface area (Å²) in [4.78, 5) is 0. The minimum Gasteiger partial charge on any atom is -0.497 e. The van der Waals surface area contributed by atoms with Gasteiger partial charge in [0.25, 0.3) is 0 Å². The fourth-order valence-electron chi connectivity index (χ4n) is 1.87. The topological polar surface area (TPSA) is 58.9 Å². The van der Waals surface area contributed by atoms with Crippen molar-refractivity contribution in [2.75, 3.05) is 7.11 Å². The first kappa shape index (κ1) is 11.2. The van der Waals surface area contributed by atoms with E-state index in [4.69, 9.17) is 9.47 Å². The van der Waals surface area contributed by atoms with Crippen LogP contribution in [0.15, 0.2) is 18.2 Å². The predicted octanol–water partition coefficient (Wildman–Crippen LogP) is 1.26. The highest BCUT2D eigenvalue weighted by atomic mass is 16.5. The number of hydrogen-bond donors (Lipinski definition) is 2. The number of ether oxygens (including phenoxy) is 2. The van der Waals surface area contributed by atoms with E-state index >= 15 is 0 Å². The van der Waals surface area contributed by atoms with E-state index in [-0.39, 0.29) is 0 Å². The molecule has 0 bridgehead atoms. The average Bonchev–Trinajstić information content (AvgIpc) is 2.25. The number of methoxy groups -OCH3 is 1. The first-order valence-corrected chi connectivity index (χ1v) is 5.19. The van der Waals surface area contributed by atoms with E-state index in [1.165, 1.54) is 0 Å². The average molecular weight is 224 g/mol. The summed E-state index contributed by atoms with van der Waals surface area (Å²) in [7, 11) is 1.57. The zero-order valence-corrected chi connectivity index (χ0v) is 9.60. The number of rotatable bonds is 1. The van der Waals surface area contributed by atoms with Gasteiger partial charge in [0.1, 0.15) is 29.3 Å². The van der Waals surface area contributed by atoms with Crippen LogP contribution < -0.4 is 9.47 Å². The Bertz CT molecular complexity index is 400. The fraction of sp³-hybridized carbons (Fsp3) is 0.500. The smallest absolute Gasteiger partial charge is 0.132 e. The molecule has 0 radical (unpaired) electrons. The molecule has 1 aliphatic heterocycles. The standard InChI is InChI=1S/C12H16O4/c1-12(2)11(14)10(13)8-5-4-7(15-3)6-9(8)16-12/h4-6,10-11,13-14H,1-3H3/t10-,11-/m1/s1. The first-order valence-electron chi connectivity index (χ1n) is 5.19. The molecular weight excluding hydrogens is 208 g/mol. The maximum atomic E-state index is 9.96. The number of aliphatic hydroxyl groups is 2. The van der Waals surface area contributed by atoms with Crippen molar-refractivity contribution < 1.29 is 19.7 Å². The molecule has 0 spiro atoms. The molecule has 2 N–H and O–H groups in total. The van der Waals surface area contributed by atoms with Crippen molar-refractivity contribution in [3.05, 3.63) is 23.8 Å². The monoisotopic (exact) mass is 224 g/mol. The van der Waals surface area contributed by atoms with E-state index in [0.717, 1.165) is 0 Å². The van der Waals surface area contributed by atoms with Crippen LogP contribution in [-0.2, 0) is 0 Å². The van der Waals surface area contributed by atoms with Crippen LogP contribution in [0.5, 0.6) is 11.5 Å². The third-order valence-corrected chi connectivity index (χ3v) is 2.92. The highest BCUT2D eigenvalue weighted by molar-refractivity contribution is 5.44. The van der Waals surface area contributed by atoms with Gasteiger partial charge in [0.2, 0.25) is 0 Å². The Morgan fingerprint density at radius 1 is 1.31 bits per heavy atom. The van der Waals surface area contributed by atoms with Gasteiger partial charge in [-0.2, -0.15) is 0 Å². The normalized spacial score (nSPS) is 26.8. The van der Waals surface area contributed by atoms with Crippen molar-refractivity contribution in [2.24, 2.45) is 0 Å². The van der Waals surface area contributed by atoms with Crippen LogP contribution in [0.25, 0.3) is 0 Å². The Morgan fingerprint density at radius 3 is 2.62 bits per heavy atom. The lowest BCUT2D eigenvalue weighted by molar-refractivity contribution is -0.111. The summed E-state index contributed by atoms with van der Waals surface area (Å²) < 4.78 is 10.7. The summed E-state index contributed by atoms with van der Waals surface area (Å²) in [6.07, 6.45) is -1.86. The number of hydrogen-bond acceptors (Lipinski definition) is 4. The molecule has 88 valence electrons. The summed E-state index contributed by atoms with van der Waals surface area (Å²) in [5.74, 6) is 1.22. The summed E-state index contributed by atoms with van der Waals surface area (Å²) >= 11 is 0. The molecule has 0 saturated heterocycles. The van der Waals surface area contributed by atoms with E-state index in [2.05, 4.69) is 0 Å². The van der Waals surface area contributed by atoms with Gasteiger partial charge in [0.15, 0.2) is 0 Å². The van der Waals surface area contributed by atoms with Crippen molar-refractivity contribution in [1.82, 2.24) is 0 Å². The Kier molecular flexibility index (Phi) is 2.56. The molecule has 16 heavy (non-hydrogen) atoms. The lowest BCUT2D eigenvalue weighted by Gasteiger charge is -2.40. The van der Waals surface area contributed by atoms with Crippen molar-refractivity contribution in [3.8, 4) is 11.5 Å². The zero-order valence-electron chi connectivity index (χ0n) is 9.60. The van der Waals surface area contributed by atoms with Gasteiger partial charge in [-0.25, -0.2) is 0 Å². The molecule has 0 saturated carbocycles. The Labute approximate surface area is 94.4 Å². The predicted molar refractivity (Wildman–Crippen MR) is 58.7 cm³/mol. The molecule has 1 aromatic rings. The van der Waals surface area contributed by atoms with Gasteiger partial charge in [-0.15, -0.1) is 0 Å². The Hall–Kier alpha value is -1.26. The lowest BCUT2D eigenvalue weighted by Crippen LogP contribution is -2.48. The van der Waals surface area contributed by atoms with Gasteiger partial charge < -0.3 is 19.7 Å². The van der Waals surface area contributed by atoms with Gasteiger partial charge in [0.05, 0.1) is 7.11 Å². The minimum absolute atomic E-state index is 0.558. The molecule has 0 aromatic heterocycles. The highest BCUT2D eigenvalue weighted by Gasteiger charge is 2.42. The third kappa shape index (κ3) is 1.64. The van der Waals surface area contributed by atoms with Crippen molar-refractivity contribution >= 4 is 0 Å². The van der Waals surface area contributed by atoms with Gasteiger partial charge in [-0.05, 0) is 26.0 Å². The van der Waals surface area contributed by atoms with E-state index in [1.807, 2.05) is 0 Å². The molecule has 1 aliphatic rings. The zero-order chi connectivity index (χ0) is 11.9. The Morgan fingerprint density at radius 2 is 2.00 bits per heavy atom. The van der Waals surface area contributed by atoms with Crippen LogP contribution in [0.4, 0.5) is 0 Å². The van der Waals surface area contributed by atoms with E-state index < -0.39 is 17.8 Å². The Balaban J connectivity index is 2.46. The summed E-state index contributed by atoms with van der Waals surface area (Å²) in [5.41, 5.74) is -0.216. The number of aliphatic hydroxyl groups excluding tert-OH is 2. The van der Waals surface area contributed by atoms with E-state index in [0.29, 0.717) is 17.1 Å². The van der Waals surface area contributed by atoms with Crippen LogP contribution in [-0.4, -0.2) is 29.0 Å². The van der Waals surface area contributed by atoms with Crippen molar-refractivity contribution in [3.63, 3.8) is 0 Å². The molecule has 2 rings (SSSR count). The van der Waals surface area contributed by atoms with Gasteiger partial charge >= 0.3 is 0 Å². The van der Waals surface area contributed by atoms with Crippen LogP contribution in [0.3, 0.4) is 0 Å². The fourth-order valence-corrected chi connectivity index (χ4v) is 1.87. The lowest BCUT2D eigenvalue weighted by atomic mass is 9.88. The third-order valence-electron chi connectivity index (χ3n) is 2.92. The maximum Gasteiger partial charge on any atom is 0.132 e. The minimum atomic E-state index is -0.937. The van der Waals surface area contributed by atoms with Crippen molar-refractivity contribution in [1.29, 1.82) is 0 Å².